The Morgan fingerprint density at radius 1 is 1.35 bits per heavy atom. The molecule has 0 aliphatic rings. The number of hydrogen-bond donors (Lipinski definition) is 3. The van der Waals surface area contributed by atoms with E-state index < -0.39 is 18.0 Å². The lowest BCUT2D eigenvalue weighted by Crippen LogP contribution is -2.38. The van der Waals surface area contributed by atoms with Gasteiger partial charge >= 0.3 is 6.03 Å². The van der Waals surface area contributed by atoms with E-state index in [4.69, 9.17) is 9.84 Å². The standard InChI is InChI=1S/C16H18FN3O3/c1-11(21)9-19-16(22)20-10-12-4-3-7-18-15(12)23-14-6-2-5-13(17)8-14/h2-8,11,21H,9-10H2,1H3,(H2,19,20,22)/t11-/m0/s1. The highest BCUT2D eigenvalue weighted by atomic mass is 19.1. The molecule has 0 fully saturated rings. The van der Waals surface area contributed by atoms with E-state index in [-0.39, 0.29) is 19.0 Å². The average Bonchev–Trinajstić information content (AvgIpc) is 2.52. The topological polar surface area (TPSA) is 83.5 Å². The van der Waals surface area contributed by atoms with Gasteiger partial charge in [0.2, 0.25) is 5.88 Å². The van der Waals surface area contributed by atoms with E-state index in [0.717, 1.165) is 0 Å². The number of nitrogens with one attached hydrogen (secondary N) is 2. The van der Waals surface area contributed by atoms with Gasteiger partial charge in [0.25, 0.3) is 0 Å². The molecule has 7 heteroatoms. The van der Waals surface area contributed by atoms with Crippen LogP contribution in [-0.4, -0.2) is 28.8 Å². The second-order valence-corrected chi connectivity index (χ2v) is 4.94. The van der Waals surface area contributed by atoms with Crippen molar-refractivity contribution in [2.75, 3.05) is 6.54 Å². The summed E-state index contributed by atoms with van der Waals surface area (Å²) in [6.45, 7) is 1.92. The lowest BCUT2D eigenvalue weighted by atomic mass is 10.2. The van der Waals surface area contributed by atoms with E-state index in [2.05, 4.69) is 15.6 Å². The number of aromatic nitrogens is 1. The van der Waals surface area contributed by atoms with Crippen LogP contribution < -0.4 is 15.4 Å². The highest BCUT2D eigenvalue weighted by molar-refractivity contribution is 5.73. The Kier molecular flexibility index (Phi) is 5.87. The van der Waals surface area contributed by atoms with E-state index in [1.807, 2.05) is 0 Å². The maximum atomic E-state index is 13.2. The molecule has 3 N–H and O–H groups in total. The monoisotopic (exact) mass is 319 g/mol. The summed E-state index contributed by atoms with van der Waals surface area (Å²) >= 11 is 0. The van der Waals surface area contributed by atoms with Crippen molar-refractivity contribution < 1.29 is 19.0 Å². The summed E-state index contributed by atoms with van der Waals surface area (Å²) in [5.41, 5.74) is 0.643. The van der Waals surface area contributed by atoms with Gasteiger partial charge in [-0.05, 0) is 25.1 Å². The van der Waals surface area contributed by atoms with Gasteiger partial charge in [0.1, 0.15) is 11.6 Å². The predicted octanol–water partition coefficient (Wildman–Crippen LogP) is 2.19. The van der Waals surface area contributed by atoms with Gasteiger partial charge in [-0.25, -0.2) is 14.2 Å². The summed E-state index contributed by atoms with van der Waals surface area (Å²) in [5, 5.41) is 14.3. The van der Waals surface area contributed by atoms with Crippen molar-refractivity contribution in [3.63, 3.8) is 0 Å². The van der Waals surface area contributed by atoms with E-state index in [1.165, 1.54) is 18.2 Å². The van der Waals surface area contributed by atoms with Gasteiger partial charge in [-0.1, -0.05) is 12.1 Å². The van der Waals surface area contributed by atoms with Crippen molar-refractivity contribution in [2.24, 2.45) is 0 Å². The Bertz CT molecular complexity index is 665. The first-order valence-electron chi connectivity index (χ1n) is 7.11. The second-order valence-electron chi connectivity index (χ2n) is 4.94. The Balaban J connectivity index is 1.99. The van der Waals surface area contributed by atoms with Crippen molar-refractivity contribution >= 4 is 6.03 Å². The third-order valence-corrected chi connectivity index (χ3v) is 2.86. The zero-order valence-electron chi connectivity index (χ0n) is 12.6. The molecule has 2 aromatic rings. The largest absolute Gasteiger partial charge is 0.439 e. The van der Waals surface area contributed by atoms with Crippen LogP contribution in [-0.2, 0) is 6.54 Å². The third kappa shape index (κ3) is 5.55. The summed E-state index contributed by atoms with van der Waals surface area (Å²) in [5.74, 6) is 0.202. The van der Waals surface area contributed by atoms with Crippen LogP contribution in [0, 0.1) is 5.82 Å². The van der Waals surface area contributed by atoms with Crippen LogP contribution in [0.1, 0.15) is 12.5 Å². The summed E-state index contributed by atoms with van der Waals surface area (Å²) in [4.78, 5) is 15.7. The molecule has 0 saturated carbocycles. The molecule has 0 unspecified atom stereocenters. The van der Waals surface area contributed by atoms with Crippen molar-refractivity contribution in [3.05, 3.63) is 54.0 Å². The van der Waals surface area contributed by atoms with Gasteiger partial charge in [0.05, 0.1) is 6.10 Å². The Hall–Kier alpha value is -2.67. The Morgan fingerprint density at radius 3 is 2.91 bits per heavy atom. The molecule has 0 saturated heterocycles. The fourth-order valence-corrected chi connectivity index (χ4v) is 1.77. The fraction of sp³-hybridized carbons (Fsp3) is 0.250. The third-order valence-electron chi connectivity index (χ3n) is 2.86. The van der Waals surface area contributed by atoms with E-state index in [9.17, 15) is 9.18 Å². The highest BCUT2D eigenvalue weighted by Crippen LogP contribution is 2.23. The number of carbonyl (C=O) groups is 1. The molecule has 0 aliphatic carbocycles. The first kappa shape index (κ1) is 16.7. The van der Waals surface area contributed by atoms with Crippen LogP contribution in [0.15, 0.2) is 42.6 Å². The van der Waals surface area contributed by atoms with E-state index >= 15 is 0 Å². The molecule has 1 atom stereocenters. The molecule has 23 heavy (non-hydrogen) atoms. The number of urea groups is 1. The van der Waals surface area contributed by atoms with Gasteiger partial charge in [0.15, 0.2) is 0 Å². The molecule has 0 radical (unpaired) electrons. The number of aliphatic hydroxyl groups excluding tert-OH is 1. The highest BCUT2D eigenvalue weighted by Gasteiger charge is 2.09. The number of rotatable bonds is 6. The molecule has 1 heterocycles. The lowest BCUT2D eigenvalue weighted by Gasteiger charge is -2.12. The van der Waals surface area contributed by atoms with E-state index in [1.54, 1.807) is 31.3 Å². The van der Waals surface area contributed by atoms with Crippen LogP contribution in [0.3, 0.4) is 0 Å². The minimum absolute atomic E-state index is 0.158. The molecule has 0 aliphatic heterocycles. The number of benzene rings is 1. The minimum Gasteiger partial charge on any atom is -0.439 e. The number of halogens is 1. The number of amides is 2. The average molecular weight is 319 g/mol. The maximum Gasteiger partial charge on any atom is 0.315 e. The van der Waals surface area contributed by atoms with E-state index in [0.29, 0.717) is 11.3 Å². The summed E-state index contributed by atoms with van der Waals surface area (Å²) in [7, 11) is 0. The molecule has 2 rings (SSSR count). The first-order chi connectivity index (χ1) is 11.0. The second kappa shape index (κ2) is 8.09. The molecule has 0 spiro atoms. The normalized spacial score (nSPS) is 11.6. The predicted molar refractivity (Wildman–Crippen MR) is 82.6 cm³/mol. The van der Waals surface area contributed by atoms with Crippen LogP contribution in [0.25, 0.3) is 0 Å². The summed E-state index contributed by atoms with van der Waals surface area (Å²) in [6, 6.07) is 8.77. The fourth-order valence-electron chi connectivity index (χ4n) is 1.77. The van der Waals surface area contributed by atoms with Gasteiger partial charge in [-0.2, -0.15) is 0 Å². The van der Waals surface area contributed by atoms with Crippen molar-refractivity contribution in [1.29, 1.82) is 0 Å². The Morgan fingerprint density at radius 2 is 2.17 bits per heavy atom. The zero-order chi connectivity index (χ0) is 16.7. The molecule has 1 aromatic heterocycles. The molecule has 1 aromatic carbocycles. The SMILES string of the molecule is C[C@H](O)CNC(=O)NCc1cccnc1Oc1cccc(F)c1. The molecular weight excluding hydrogens is 301 g/mol. The summed E-state index contributed by atoms with van der Waals surface area (Å²) < 4.78 is 18.7. The molecule has 122 valence electrons. The van der Waals surface area contributed by atoms with Crippen LogP contribution in [0.5, 0.6) is 11.6 Å². The number of hydrogen-bond acceptors (Lipinski definition) is 4. The molecule has 2 amide bonds. The number of carbonyl (C=O) groups excluding carboxylic acids is 1. The number of nitrogens with zero attached hydrogens (tertiary/aromatic N) is 1. The van der Waals surface area contributed by atoms with Crippen LogP contribution in [0.4, 0.5) is 9.18 Å². The molecule has 0 bridgehead atoms. The number of pyridine rings is 1. The quantitative estimate of drug-likeness (QED) is 0.762. The molecular formula is C16H18FN3O3. The Labute approximate surface area is 133 Å². The van der Waals surface area contributed by atoms with Crippen molar-refractivity contribution in [2.45, 2.75) is 19.6 Å². The maximum absolute atomic E-state index is 13.2. The van der Waals surface area contributed by atoms with Gasteiger partial charge < -0.3 is 20.5 Å². The molecule has 6 nitrogen and oxygen atoms in total. The van der Waals surface area contributed by atoms with Gasteiger partial charge in [-0.15, -0.1) is 0 Å². The first-order valence-corrected chi connectivity index (χ1v) is 7.11. The van der Waals surface area contributed by atoms with Crippen LogP contribution in [0.2, 0.25) is 0 Å². The van der Waals surface area contributed by atoms with Crippen molar-refractivity contribution in [3.8, 4) is 11.6 Å². The lowest BCUT2D eigenvalue weighted by molar-refractivity contribution is 0.187. The van der Waals surface area contributed by atoms with Gasteiger partial charge in [0, 0.05) is 30.9 Å². The van der Waals surface area contributed by atoms with Gasteiger partial charge in [-0.3, -0.25) is 0 Å². The van der Waals surface area contributed by atoms with Crippen molar-refractivity contribution in [1.82, 2.24) is 15.6 Å². The zero-order valence-corrected chi connectivity index (χ0v) is 12.6. The summed E-state index contributed by atoms with van der Waals surface area (Å²) in [6.07, 6.45) is 0.928. The number of ether oxygens (including phenoxy) is 1. The smallest absolute Gasteiger partial charge is 0.315 e. The number of aliphatic hydroxyl groups is 1. The van der Waals surface area contributed by atoms with Crippen LogP contribution >= 0.6 is 0 Å². The minimum atomic E-state index is -0.619.